The molecule has 1 aromatic carbocycles. The first-order valence-corrected chi connectivity index (χ1v) is 10.2. The first kappa shape index (κ1) is 18.7. The van der Waals surface area contributed by atoms with Gasteiger partial charge in [-0.3, -0.25) is 14.0 Å². The summed E-state index contributed by atoms with van der Waals surface area (Å²) in [6.07, 6.45) is 4.29. The number of esters is 1. The van der Waals surface area contributed by atoms with Gasteiger partial charge in [-0.2, -0.15) is 0 Å². The van der Waals surface area contributed by atoms with E-state index in [0.29, 0.717) is 16.4 Å². The molecule has 0 N–H and O–H groups in total. The summed E-state index contributed by atoms with van der Waals surface area (Å²) >= 11 is 1.57. The van der Waals surface area contributed by atoms with Gasteiger partial charge in [0.2, 0.25) is 0 Å². The number of carbonyl (C=O) groups excluding carboxylic acids is 1. The van der Waals surface area contributed by atoms with E-state index in [0.717, 1.165) is 42.5 Å². The Labute approximate surface area is 166 Å². The van der Waals surface area contributed by atoms with Crippen LogP contribution in [0.1, 0.15) is 40.2 Å². The molecule has 2 heterocycles. The molecule has 4 rings (SSSR count). The normalized spacial score (nSPS) is 13.4. The van der Waals surface area contributed by atoms with E-state index >= 15 is 0 Å². The van der Waals surface area contributed by atoms with Crippen molar-refractivity contribution in [2.75, 3.05) is 7.11 Å². The highest BCUT2D eigenvalue weighted by Crippen LogP contribution is 2.28. The van der Waals surface area contributed by atoms with E-state index in [1.165, 1.54) is 10.9 Å². The maximum atomic E-state index is 12.6. The lowest BCUT2D eigenvalue weighted by atomic mass is 10.0. The van der Waals surface area contributed by atoms with Gasteiger partial charge in [0.15, 0.2) is 4.96 Å². The summed E-state index contributed by atoms with van der Waals surface area (Å²) < 4.78 is 12.4. The van der Waals surface area contributed by atoms with Crippen molar-refractivity contribution in [3.05, 3.63) is 62.0 Å². The van der Waals surface area contributed by atoms with E-state index in [2.05, 4.69) is 4.98 Å². The van der Waals surface area contributed by atoms with Gasteiger partial charge in [0.1, 0.15) is 12.4 Å². The summed E-state index contributed by atoms with van der Waals surface area (Å²) in [5.74, 6) is 0.279. The van der Waals surface area contributed by atoms with Crippen LogP contribution < -0.4 is 10.3 Å². The van der Waals surface area contributed by atoms with Crippen molar-refractivity contribution in [3.8, 4) is 5.75 Å². The van der Waals surface area contributed by atoms with Gasteiger partial charge in [0.25, 0.3) is 5.56 Å². The third-order valence-electron chi connectivity index (χ3n) is 4.97. The number of nitrogens with zero attached hydrogens (tertiary/aromatic N) is 2. The van der Waals surface area contributed by atoms with Gasteiger partial charge in [-0.25, -0.2) is 4.98 Å². The zero-order valence-electron chi connectivity index (χ0n) is 16.0. The maximum absolute atomic E-state index is 12.6. The summed E-state index contributed by atoms with van der Waals surface area (Å²) in [6, 6.07) is 7.15. The number of hydrogen-bond acceptors (Lipinski definition) is 6. The van der Waals surface area contributed by atoms with Crippen molar-refractivity contribution in [1.82, 2.24) is 9.38 Å². The van der Waals surface area contributed by atoms with Crippen LogP contribution in [-0.4, -0.2) is 22.5 Å². The zero-order valence-corrected chi connectivity index (χ0v) is 16.8. The Morgan fingerprint density at radius 3 is 2.89 bits per heavy atom. The lowest BCUT2D eigenvalue weighted by Gasteiger charge is -2.10. The Bertz CT molecular complexity index is 1100. The number of aryl methyl sites for hydroxylation is 3. The van der Waals surface area contributed by atoms with Crippen LogP contribution in [0.3, 0.4) is 0 Å². The molecule has 0 bridgehead atoms. The van der Waals surface area contributed by atoms with E-state index in [9.17, 15) is 9.59 Å². The fourth-order valence-electron chi connectivity index (χ4n) is 3.62. The second-order valence-corrected chi connectivity index (χ2v) is 8.10. The molecule has 0 unspecified atom stereocenters. The standard InChI is InChI=1S/C21H22N2O4S/c1-13-7-8-17(26-2)14(9-13)10-20(25)27-12-15-11-19(24)23-16-5-3-4-6-18(16)28-21(23)22-15/h7-9,11H,3-6,10,12H2,1-2H3. The van der Waals surface area contributed by atoms with Crippen molar-refractivity contribution in [1.29, 1.82) is 0 Å². The van der Waals surface area contributed by atoms with Gasteiger partial charge >= 0.3 is 5.97 Å². The van der Waals surface area contributed by atoms with Crippen molar-refractivity contribution < 1.29 is 14.3 Å². The Morgan fingerprint density at radius 2 is 2.07 bits per heavy atom. The van der Waals surface area contributed by atoms with Crippen LogP contribution in [0.15, 0.2) is 29.1 Å². The molecular weight excluding hydrogens is 376 g/mol. The predicted molar refractivity (Wildman–Crippen MR) is 107 cm³/mol. The van der Waals surface area contributed by atoms with E-state index in [1.807, 2.05) is 25.1 Å². The highest BCUT2D eigenvalue weighted by atomic mass is 32.1. The zero-order chi connectivity index (χ0) is 19.7. The molecule has 28 heavy (non-hydrogen) atoms. The number of thiazole rings is 1. The lowest BCUT2D eigenvalue weighted by Crippen LogP contribution is -2.19. The summed E-state index contributed by atoms with van der Waals surface area (Å²) in [4.78, 5) is 31.3. The molecule has 0 saturated carbocycles. The molecule has 0 atom stereocenters. The van der Waals surface area contributed by atoms with Crippen molar-refractivity contribution in [3.63, 3.8) is 0 Å². The van der Waals surface area contributed by atoms with Crippen LogP contribution in [0.25, 0.3) is 4.96 Å². The summed E-state index contributed by atoms with van der Waals surface area (Å²) in [7, 11) is 1.58. The van der Waals surface area contributed by atoms with Gasteiger partial charge in [-0.05, 0) is 38.7 Å². The molecular formula is C21H22N2O4S. The number of hydrogen-bond donors (Lipinski definition) is 0. The SMILES string of the molecule is COc1ccc(C)cc1CC(=O)OCc1cc(=O)n2c3c(sc2n1)CCCC3. The number of aromatic nitrogens is 2. The number of carbonyl (C=O) groups is 1. The van der Waals surface area contributed by atoms with Gasteiger partial charge < -0.3 is 9.47 Å². The molecule has 6 nitrogen and oxygen atoms in total. The predicted octanol–water partition coefficient (Wildman–Crippen LogP) is 3.24. The van der Waals surface area contributed by atoms with Crippen molar-refractivity contribution in [2.45, 2.75) is 45.6 Å². The maximum Gasteiger partial charge on any atom is 0.310 e. The lowest BCUT2D eigenvalue weighted by molar-refractivity contribution is -0.144. The largest absolute Gasteiger partial charge is 0.496 e. The van der Waals surface area contributed by atoms with Crippen LogP contribution in [0, 0.1) is 6.92 Å². The molecule has 0 fully saturated rings. The van der Waals surface area contributed by atoms with Gasteiger partial charge in [0.05, 0.1) is 19.2 Å². The average Bonchev–Trinajstić information content (AvgIpc) is 3.05. The Morgan fingerprint density at radius 1 is 1.25 bits per heavy atom. The number of rotatable bonds is 5. The summed E-state index contributed by atoms with van der Waals surface area (Å²) in [5.41, 5.74) is 3.30. The van der Waals surface area contributed by atoms with Crippen LogP contribution in [0.2, 0.25) is 0 Å². The molecule has 7 heteroatoms. The smallest absolute Gasteiger partial charge is 0.310 e. The highest BCUT2D eigenvalue weighted by molar-refractivity contribution is 7.17. The third kappa shape index (κ3) is 3.67. The minimum absolute atomic E-state index is 0.0126. The number of ether oxygens (including phenoxy) is 2. The molecule has 146 valence electrons. The Hall–Kier alpha value is -2.67. The molecule has 0 aliphatic heterocycles. The average molecular weight is 398 g/mol. The minimum Gasteiger partial charge on any atom is -0.496 e. The van der Waals surface area contributed by atoms with E-state index in [1.54, 1.807) is 22.8 Å². The van der Waals surface area contributed by atoms with E-state index in [4.69, 9.17) is 9.47 Å². The van der Waals surface area contributed by atoms with E-state index < -0.39 is 0 Å². The summed E-state index contributed by atoms with van der Waals surface area (Å²) in [6.45, 7) is 1.95. The molecule has 3 aromatic rings. The van der Waals surface area contributed by atoms with Crippen LogP contribution in [0.5, 0.6) is 5.75 Å². The first-order chi connectivity index (χ1) is 13.5. The molecule has 0 saturated heterocycles. The van der Waals surface area contributed by atoms with Crippen molar-refractivity contribution >= 4 is 22.3 Å². The van der Waals surface area contributed by atoms with Crippen LogP contribution in [-0.2, 0) is 35.4 Å². The Kier molecular flexibility index (Phi) is 5.17. The molecule has 1 aliphatic rings. The third-order valence-corrected chi connectivity index (χ3v) is 6.11. The molecule has 0 radical (unpaired) electrons. The van der Waals surface area contributed by atoms with Crippen LogP contribution in [0.4, 0.5) is 0 Å². The van der Waals surface area contributed by atoms with Crippen molar-refractivity contribution in [2.24, 2.45) is 0 Å². The molecule has 1 aliphatic carbocycles. The number of fused-ring (bicyclic) bond motifs is 3. The van der Waals surface area contributed by atoms with E-state index in [-0.39, 0.29) is 24.6 Å². The highest BCUT2D eigenvalue weighted by Gasteiger charge is 2.19. The van der Waals surface area contributed by atoms with Gasteiger partial charge in [0, 0.05) is 22.2 Å². The molecule has 2 aromatic heterocycles. The topological polar surface area (TPSA) is 69.9 Å². The fourth-order valence-corrected chi connectivity index (χ4v) is 4.85. The first-order valence-electron chi connectivity index (χ1n) is 9.37. The molecule has 0 spiro atoms. The quantitative estimate of drug-likeness (QED) is 0.617. The monoisotopic (exact) mass is 398 g/mol. The number of methoxy groups -OCH3 is 1. The van der Waals surface area contributed by atoms with Gasteiger partial charge in [-0.15, -0.1) is 11.3 Å². The van der Waals surface area contributed by atoms with Crippen LogP contribution >= 0.6 is 11.3 Å². The van der Waals surface area contributed by atoms with Gasteiger partial charge in [-0.1, -0.05) is 17.7 Å². The minimum atomic E-state index is -0.378. The number of benzene rings is 1. The summed E-state index contributed by atoms with van der Waals surface area (Å²) in [5, 5.41) is 0. The molecule has 0 amide bonds. The Balaban J connectivity index is 1.49. The fraction of sp³-hybridized carbons (Fsp3) is 0.381. The second-order valence-electron chi connectivity index (χ2n) is 7.04. The second kappa shape index (κ2) is 7.75.